The zero-order valence-electron chi connectivity index (χ0n) is 21.5. The van der Waals surface area contributed by atoms with Gasteiger partial charge in [0.25, 0.3) is 11.4 Å². The van der Waals surface area contributed by atoms with Crippen molar-refractivity contribution in [3.8, 4) is 11.3 Å². The van der Waals surface area contributed by atoms with Crippen LogP contribution in [0, 0.1) is 12.1 Å². The SMILES string of the molecule is CCCC[N+]1=C=[N+](c2[c-]cc3oc4ncccc4c3c2)c2ccccc21.[Ir].[c-]1ccccc1-c1ccccn1. The van der Waals surface area contributed by atoms with Crippen LogP contribution in [0.25, 0.3) is 33.3 Å². The molecule has 0 aliphatic carbocycles. The number of nitrogens with zero attached hydrogens (tertiary/aromatic N) is 4. The van der Waals surface area contributed by atoms with Crippen molar-refractivity contribution >= 4 is 45.1 Å². The fraction of sp³-hybridized carbons (Fsp3) is 0.121. The van der Waals surface area contributed by atoms with E-state index in [1.54, 1.807) is 12.4 Å². The summed E-state index contributed by atoms with van der Waals surface area (Å²) in [6, 6.07) is 40.0. The molecule has 0 N–H and O–H groups in total. The summed E-state index contributed by atoms with van der Waals surface area (Å²) < 4.78 is 10.1. The molecule has 0 unspecified atom stereocenters. The van der Waals surface area contributed by atoms with Crippen molar-refractivity contribution in [3.05, 3.63) is 116 Å². The topological polar surface area (TPSA) is 44.9 Å². The third kappa shape index (κ3) is 5.50. The Labute approximate surface area is 241 Å². The zero-order valence-corrected chi connectivity index (χ0v) is 23.9. The molecule has 1 aliphatic heterocycles. The minimum absolute atomic E-state index is 0. The van der Waals surface area contributed by atoms with Crippen LogP contribution in [-0.4, -0.2) is 27.1 Å². The van der Waals surface area contributed by atoms with E-state index in [4.69, 9.17) is 4.42 Å². The normalized spacial score (nSPS) is 11.7. The molecule has 39 heavy (non-hydrogen) atoms. The van der Waals surface area contributed by atoms with Crippen molar-refractivity contribution in [2.45, 2.75) is 19.8 Å². The number of fused-ring (bicyclic) bond motifs is 4. The van der Waals surface area contributed by atoms with Gasteiger partial charge in [0.05, 0.1) is 0 Å². The molecule has 7 rings (SSSR count). The molecule has 0 saturated carbocycles. The van der Waals surface area contributed by atoms with E-state index in [-0.39, 0.29) is 20.1 Å². The first kappa shape index (κ1) is 26.4. The third-order valence-corrected chi connectivity index (χ3v) is 6.43. The number of benzene rings is 3. The van der Waals surface area contributed by atoms with Gasteiger partial charge in [0.15, 0.2) is 6.54 Å². The van der Waals surface area contributed by atoms with E-state index >= 15 is 0 Å². The quantitative estimate of drug-likeness (QED) is 0.137. The maximum absolute atomic E-state index is 5.82. The molecule has 6 heteroatoms. The summed E-state index contributed by atoms with van der Waals surface area (Å²) in [6.07, 6.45) is 5.83. The molecule has 4 heterocycles. The van der Waals surface area contributed by atoms with E-state index in [0.717, 1.165) is 58.4 Å². The van der Waals surface area contributed by atoms with Crippen LogP contribution in [0.5, 0.6) is 0 Å². The summed E-state index contributed by atoms with van der Waals surface area (Å²) >= 11 is 0. The smallest absolute Gasteiger partial charge is 0.494 e. The number of aromatic nitrogens is 2. The average molecular weight is 687 g/mol. The Bertz CT molecular complexity index is 1750. The van der Waals surface area contributed by atoms with Gasteiger partial charge in [-0.15, -0.1) is 48.0 Å². The first-order chi connectivity index (χ1) is 18.8. The number of rotatable bonds is 5. The number of furan rings is 1. The second kappa shape index (κ2) is 12.1. The van der Waals surface area contributed by atoms with E-state index in [9.17, 15) is 0 Å². The van der Waals surface area contributed by atoms with Gasteiger partial charge in [-0.1, -0.05) is 58.2 Å². The Morgan fingerprint density at radius 2 is 1.67 bits per heavy atom. The number of pyridine rings is 2. The minimum Gasteiger partial charge on any atom is -0.502 e. The van der Waals surface area contributed by atoms with E-state index in [2.05, 4.69) is 74.5 Å². The molecule has 6 aromatic rings. The molecule has 0 fully saturated rings. The molecule has 0 amide bonds. The summed E-state index contributed by atoms with van der Waals surface area (Å²) in [6.45, 7) is 3.17. The van der Waals surface area contributed by atoms with Crippen LogP contribution in [0.1, 0.15) is 19.8 Å². The van der Waals surface area contributed by atoms with Gasteiger partial charge >= 0.3 is 6.01 Å². The predicted molar refractivity (Wildman–Crippen MR) is 151 cm³/mol. The van der Waals surface area contributed by atoms with Gasteiger partial charge in [0.1, 0.15) is 5.69 Å². The van der Waals surface area contributed by atoms with E-state index in [0.29, 0.717) is 5.71 Å². The second-order valence-electron chi connectivity index (χ2n) is 8.97. The Morgan fingerprint density at radius 3 is 2.46 bits per heavy atom. The van der Waals surface area contributed by atoms with Gasteiger partial charge in [-0.05, 0) is 23.9 Å². The molecular formula is C33H26IrN4O. The van der Waals surface area contributed by atoms with Crippen molar-refractivity contribution in [2.24, 2.45) is 0 Å². The molecule has 1 radical (unpaired) electrons. The van der Waals surface area contributed by atoms with Gasteiger partial charge in [0, 0.05) is 62.0 Å². The van der Waals surface area contributed by atoms with Crippen LogP contribution in [0.4, 0.5) is 17.1 Å². The number of para-hydroxylation sites is 2. The van der Waals surface area contributed by atoms with Crippen molar-refractivity contribution in [3.63, 3.8) is 0 Å². The summed E-state index contributed by atoms with van der Waals surface area (Å²) in [4.78, 5) is 8.53. The van der Waals surface area contributed by atoms with Crippen LogP contribution in [0.2, 0.25) is 0 Å². The van der Waals surface area contributed by atoms with Gasteiger partial charge < -0.3 is 9.40 Å². The largest absolute Gasteiger partial charge is 0.502 e. The number of unbranched alkanes of at least 4 members (excludes halogenated alkanes) is 1. The third-order valence-electron chi connectivity index (χ3n) is 6.43. The fourth-order valence-corrected chi connectivity index (χ4v) is 4.53. The van der Waals surface area contributed by atoms with Gasteiger partial charge in [-0.3, -0.25) is 0 Å². The van der Waals surface area contributed by atoms with Crippen molar-refractivity contribution in [1.82, 2.24) is 14.5 Å². The standard InChI is InChI=1S/C22H18N3O.C11H8N.Ir/c1-2-3-13-24-15-25(20-9-5-4-8-19(20)24)16-10-11-21-18(14-16)17-7-6-12-23-22(17)26-21;1-2-6-10(7-3-1)11-8-4-5-9-12-11;/h4-9,11-12,14H,2-3,13H2,1H3;1-6,8-9H;/q+1;-1;. The average Bonchev–Trinajstić information content (AvgIpc) is 3.55. The molecule has 193 valence electrons. The summed E-state index contributed by atoms with van der Waals surface area (Å²) in [5.74, 6) is 0. The van der Waals surface area contributed by atoms with Crippen LogP contribution in [0.3, 0.4) is 0 Å². The maximum atomic E-state index is 5.82. The Balaban J connectivity index is 0.000000200. The molecule has 0 spiro atoms. The molecule has 0 atom stereocenters. The Morgan fingerprint density at radius 1 is 0.846 bits per heavy atom. The minimum atomic E-state index is 0. The summed E-state index contributed by atoms with van der Waals surface area (Å²) in [7, 11) is 0. The second-order valence-corrected chi connectivity index (χ2v) is 8.97. The van der Waals surface area contributed by atoms with Gasteiger partial charge in [-0.2, -0.15) is 0 Å². The Kier molecular flexibility index (Phi) is 8.19. The van der Waals surface area contributed by atoms with Crippen LogP contribution < -0.4 is 4.58 Å². The van der Waals surface area contributed by atoms with E-state index < -0.39 is 0 Å². The first-order valence-corrected chi connectivity index (χ1v) is 12.8. The van der Waals surface area contributed by atoms with Crippen molar-refractivity contribution in [1.29, 1.82) is 0 Å². The summed E-state index contributed by atoms with van der Waals surface area (Å²) in [5.41, 5.74) is 6.75. The first-order valence-electron chi connectivity index (χ1n) is 12.8. The van der Waals surface area contributed by atoms with E-state index in [1.807, 2.05) is 60.7 Å². The zero-order chi connectivity index (χ0) is 25.7. The van der Waals surface area contributed by atoms with Crippen LogP contribution in [-0.2, 0) is 20.1 Å². The predicted octanol–water partition coefficient (Wildman–Crippen LogP) is 7.79. The number of hydrogen-bond donors (Lipinski definition) is 0. The van der Waals surface area contributed by atoms with Crippen molar-refractivity contribution < 1.29 is 29.1 Å². The van der Waals surface area contributed by atoms with Gasteiger partial charge in [0.2, 0.25) is 5.71 Å². The molecule has 3 aromatic heterocycles. The molecular weight excluding hydrogens is 661 g/mol. The molecule has 0 bridgehead atoms. The van der Waals surface area contributed by atoms with Crippen LogP contribution >= 0.6 is 0 Å². The van der Waals surface area contributed by atoms with Crippen LogP contribution in [0.15, 0.2) is 108 Å². The fourth-order valence-electron chi connectivity index (χ4n) is 4.53. The van der Waals surface area contributed by atoms with E-state index in [1.165, 1.54) is 5.69 Å². The molecule has 1 aliphatic rings. The van der Waals surface area contributed by atoms with Crippen molar-refractivity contribution in [2.75, 3.05) is 6.54 Å². The van der Waals surface area contributed by atoms with Gasteiger partial charge in [-0.25, -0.2) is 4.98 Å². The Hall–Kier alpha value is -4.21. The monoisotopic (exact) mass is 687 g/mol. The molecule has 5 nitrogen and oxygen atoms in total. The summed E-state index contributed by atoms with van der Waals surface area (Å²) in [5, 5.41) is 2.07. The molecule has 0 saturated heterocycles. The molecule has 3 aromatic carbocycles. The maximum Gasteiger partial charge on any atom is 0.494 e. The number of hydrogen-bond acceptors (Lipinski definition) is 3.